The lowest BCUT2D eigenvalue weighted by Crippen LogP contribution is -2.59. The molecule has 5 rings (SSSR count). The topological polar surface area (TPSA) is 54.0 Å². The second kappa shape index (κ2) is 10.9. The molecule has 1 N–H and O–H groups in total. The molecular formula is C29H33N3O3. The fourth-order valence-electron chi connectivity index (χ4n) is 5.09. The van der Waals surface area contributed by atoms with E-state index in [0.29, 0.717) is 12.1 Å². The van der Waals surface area contributed by atoms with Gasteiger partial charge >= 0.3 is 5.97 Å². The van der Waals surface area contributed by atoms with Gasteiger partial charge in [-0.2, -0.15) is 0 Å². The van der Waals surface area contributed by atoms with Crippen LogP contribution in [0.1, 0.15) is 16.8 Å². The van der Waals surface area contributed by atoms with Crippen LogP contribution in [0.3, 0.4) is 0 Å². The van der Waals surface area contributed by atoms with Crippen molar-refractivity contribution in [3.8, 4) is 16.9 Å². The molecule has 1 unspecified atom stereocenters. The molecule has 2 aliphatic heterocycles. The molecule has 0 amide bonds. The van der Waals surface area contributed by atoms with Crippen molar-refractivity contribution in [2.24, 2.45) is 0 Å². The molecule has 0 radical (unpaired) electrons. The molecule has 0 aromatic heterocycles. The number of esters is 1. The molecule has 0 bridgehead atoms. The Morgan fingerprint density at radius 2 is 1.54 bits per heavy atom. The molecule has 0 aliphatic carbocycles. The van der Waals surface area contributed by atoms with Gasteiger partial charge in [-0.25, -0.2) is 4.79 Å². The number of piperazine rings is 1. The first-order chi connectivity index (χ1) is 17.2. The first-order valence-electron chi connectivity index (χ1n) is 12.4. The summed E-state index contributed by atoms with van der Waals surface area (Å²) < 4.78 is 11.3. The van der Waals surface area contributed by atoms with Gasteiger partial charge in [-0.1, -0.05) is 42.5 Å². The van der Waals surface area contributed by atoms with E-state index >= 15 is 0 Å². The van der Waals surface area contributed by atoms with Gasteiger partial charge in [0, 0.05) is 44.5 Å². The lowest BCUT2D eigenvalue weighted by molar-refractivity contribution is -0.0131. The summed E-state index contributed by atoms with van der Waals surface area (Å²) in [5.74, 6) is 0.627. The van der Waals surface area contributed by atoms with Crippen molar-refractivity contribution in [2.45, 2.75) is 18.6 Å². The van der Waals surface area contributed by atoms with Gasteiger partial charge in [0.2, 0.25) is 0 Å². The minimum atomic E-state index is -0.250. The van der Waals surface area contributed by atoms with E-state index in [0.717, 1.165) is 56.0 Å². The van der Waals surface area contributed by atoms with Gasteiger partial charge in [0.15, 0.2) is 0 Å². The van der Waals surface area contributed by atoms with E-state index in [2.05, 4.69) is 39.4 Å². The third-order valence-corrected chi connectivity index (χ3v) is 7.10. The van der Waals surface area contributed by atoms with Crippen molar-refractivity contribution < 1.29 is 14.3 Å². The Bertz CT molecular complexity index is 1090. The number of rotatable bonds is 6. The average Bonchev–Trinajstić information content (AvgIpc) is 2.94. The number of anilines is 1. The fourth-order valence-corrected chi connectivity index (χ4v) is 5.09. The van der Waals surface area contributed by atoms with Crippen molar-refractivity contribution in [1.82, 2.24) is 10.2 Å². The number of carbonyl (C=O) groups is 1. The van der Waals surface area contributed by atoms with Gasteiger partial charge < -0.3 is 19.7 Å². The quantitative estimate of drug-likeness (QED) is 0.547. The lowest BCUT2D eigenvalue weighted by Gasteiger charge is -2.44. The summed E-state index contributed by atoms with van der Waals surface area (Å²) in [6, 6.07) is 26.4. The Morgan fingerprint density at radius 3 is 2.23 bits per heavy atom. The summed E-state index contributed by atoms with van der Waals surface area (Å²) in [6.07, 6.45) is 0.825. The van der Waals surface area contributed by atoms with Crippen molar-refractivity contribution >= 4 is 11.7 Å². The van der Waals surface area contributed by atoms with Crippen molar-refractivity contribution in [3.05, 3.63) is 84.4 Å². The summed E-state index contributed by atoms with van der Waals surface area (Å²) >= 11 is 0. The van der Waals surface area contributed by atoms with Gasteiger partial charge in [0.05, 0.1) is 12.7 Å². The molecule has 2 saturated heterocycles. The average molecular weight is 472 g/mol. The van der Waals surface area contributed by atoms with Crippen LogP contribution in [0.15, 0.2) is 78.9 Å². The Morgan fingerprint density at radius 1 is 0.857 bits per heavy atom. The Labute approximate surface area is 207 Å². The molecule has 2 atom stereocenters. The van der Waals surface area contributed by atoms with E-state index in [1.807, 2.05) is 54.6 Å². The normalized spacial score (nSPS) is 20.9. The second-order valence-electron chi connectivity index (χ2n) is 9.17. The summed E-state index contributed by atoms with van der Waals surface area (Å²) in [5.41, 5.74) is 4.04. The predicted molar refractivity (Wildman–Crippen MR) is 139 cm³/mol. The van der Waals surface area contributed by atoms with E-state index in [9.17, 15) is 4.79 Å². The monoisotopic (exact) mass is 471 g/mol. The van der Waals surface area contributed by atoms with Crippen LogP contribution in [0.4, 0.5) is 5.69 Å². The third-order valence-electron chi connectivity index (χ3n) is 7.10. The van der Waals surface area contributed by atoms with E-state index in [1.54, 1.807) is 7.11 Å². The molecule has 35 heavy (non-hydrogen) atoms. The summed E-state index contributed by atoms with van der Waals surface area (Å²) in [7, 11) is 1.69. The van der Waals surface area contributed by atoms with Crippen LogP contribution >= 0.6 is 0 Å². The predicted octanol–water partition coefficient (Wildman–Crippen LogP) is 4.07. The highest BCUT2D eigenvalue weighted by Crippen LogP contribution is 2.24. The van der Waals surface area contributed by atoms with E-state index in [-0.39, 0.29) is 18.1 Å². The van der Waals surface area contributed by atoms with Crippen LogP contribution in [0.2, 0.25) is 0 Å². The molecule has 6 heteroatoms. The number of ether oxygens (including phenoxy) is 2. The minimum absolute atomic E-state index is 0.155. The number of piperidine rings is 1. The first-order valence-corrected chi connectivity index (χ1v) is 12.4. The maximum atomic E-state index is 13.0. The van der Waals surface area contributed by atoms with Crippen LogP contribution in [0.25, 0.3) is 11.1 Å². The molecule has 0 spiro atoms. The van der Waals surface area contributed by atoms with Crippen molar-refractivity contribution in [3.63, 3.8) is 0 Å². The van der Waals surface area contributed by atoms with Crippen LogP contribution in [-0.4, -0.2) is 69.4 Å². The van der Waals surface area contributed by atoms with Gasteiger partial charge in [-0.05, 0) is 60.5 Å². The van der Waals surface area contributed by atoms with Crippen LogP contribution in [0.5, 0.6) is 5.75 Å². The Balaban J connectivity index is 1.19. The standard InChI is InChI=1S/C29H33N3O3/c1-34-26-13-11-25(12-14-26)31-17-19-32(20-18-31)27-15-16-30-21-28(27)35-29(33)24-9-7-23(8-10-24)22-5-3-2-4-6-22/h2-14,27-28,30H,15-21H2,1H3/t27?,28-/m1/s1. The largest absolute Gasteiger partial charge is 0.497 e. The maximum absolute atomic E-state index is 13.0. The van der Waals surface area contributed by atoms with Gasteiger partial charge in [0.25, 0.3) is 0 Å². The van der Waals surface area contributed by atoms with Crippen LogP contribution in [-0.2, 0) is 4.74 Å². The van der Waals surface area contributed by atoms with Crippen molar-refractivity contribution in [1.29, 1.82) is 0 Å². The lowest BCUT2D eigenvalue weighted by atomic mass is 10.00. The highest BCUT2D eigenvalue weighted by atomic mass is 16.5. The molecule has 2 fully saturated rings. The van der Waals surface area contributed by atoms with E-state index in [1.165, 1.54) is 5.69 Å². The molecule has 0 saturated carbocycles. The zero-order valence-electron chi connectivity index (χ0n) is 20.2. The van der Waals surface area contributed by atoms with Gasteiger partial charge in [0.1, 0.15) is 11.9 Å². The minimum Gasteiger partial charge on any atom is -0.497 e. The highest BCUT2D eigenvalue weighted by Gasteiger charge is 2.34. The summed E-state index contributed by atoms with van der Waals surface area (Å²) in [6.45, 7) is 5.46. The zero-order valence-corrected chi connectivity index (χ0v) is 20.2. The number of methoxy groups -OCH3 is 1. The highest BCUT2D eigenvalue weighted by molar-refractivity contribution is 5.90. The van der Waals surface area contributed by atoms with E-state index < -0.39 is 0 Å². The number of nitrogens with zero attached hydrogens (tertiary/aromatic N) is 2. The first kappa shape index (κ1) is 23.4. The summed E-state index contributed by atoms with van der Waals surface area (Å²) in [4.78, 5) is 17.9. The molecule has 2 aliphatic rings. The number of carbonyl (C=O) groups excluding carboxylic acids is 1. The second-order valence-corrected chi connectivity index (χ2v) is 9.17. The molecule has 182 valence electrons. The van der Waals surface area contributed by atoms with Gasteiger partial charge in [-0.15, -0.1) is 0 Å². The molecule has 2 heterocycles. The number of nitrogens with one attached hydrogen (secondary N) is 1. The number of benzene rings is 3. The molecule has 3 aromatic rings. The van der Waals surface area contributed by atoms with Crippen LogP contribution < -0.4 is 15.0 Å². The Kier molecular flexibility index (Phi) is 7.31. The number of hydrogen-bond donors (Lipinski definition) is 1. The van der Waals surface area contributed by atoms with E-state index in [4.69, 9.17) is 9.47 Å². The molecular weight excluding hydrogens is 438 g/mol. The Hall–Kier alpha value is -3.35. The fraction of sp³-hybridized carbons (Fsp3) is 0.345. The zero-order chi connectivity index (χ0) is 24.0. The van der Waals surface area contributed by atoms with Crippen LogP contribution in [0, 0.1) is 0 Å². The maximum Gasteiger partial charge on any atom is 0.338 e. The van der Waals surface area contributed by atoms with Crippen molar-refractivity contribution in [2.75, 3.05) is 51.3 Å². The smallest absolute Gasteiger partial charge is 0.338 e. The SMILES string of the molecule is COc1ccc(N2CCN(C3CCNC[C@H]3OC(=O)c3ccc(-c4ccccc4)cc3)CC2)cc1. The summed E-state index contributed by atoms with van der Waals surface area (Å²) in [5, 5.41) is 3.41. The van der Waals surface area contributed by atoms with Gasteiger partial charge in [-0.3, -0.25) is 4.90 Å². The molecule has 3 aromatic carbocycles. The third kappa shape index (κ3) is 5.50. The molecule has 6 nitrogen and oxygen atoms in total. The number of hydrogen-bond acceptors (Lipinski definition) is 6.